The van der Waals surface area contributed by atoms with Crippen molar-refractivity contribution in [2.24, 2.45) is 0 Å². The standard InChI is InChI=1S/C19H19NO2/c1-12-8-18(15(4)14(3)13(12)2)19(21)11-22-17-7-5-6-16(9-17)10-20/h5-9H,11H2,1-4H3. The molecule has 2 aromatic carbocycles. The average Bonchev–Trinajstić information content (AvgIpc) is 2.54. The van der Waals surface area contributed by atoms with Crippen LogP contribution in [0.3, 0.4) is 0 Å². The Morgan fingerprint density at radius 1 is 1.09 bits per heavy atom. The molecule has 3 heteroatoms. The number of carbonyl (C=O) groups is 1. The molecule has 112 valence electrons. The van der Waals surface area contributed by atoms with E-state index in [-0.39, 0.29) is 12.4 Å². The summed E-state index contributed by atoms with van der Waals surface area (Å²) >= 11 is 0. The fourth-order valence-electron chi connectivity index (χ4n) is 2.38. The molecule has 0 aliphatic carbocycles. The highest BCUT2D eigenvalue weighted by Gasteiger charge is 2.14. The largest absolute Gasteiger partial charge is 0.485 e. The van der Waals surface area contributed by atoms with E-state index in [1.54, 1.807) is 24.3 Å². The number of benzene rings is 2. The van der Waals surface area contributed by atoms with Gasteiger partial charge in [-0.25, -0.2) is 0 Å². The summed E-state index contributed by atoms with van der Waals surface area (Å²) in [6.45, 7) is 8.04. The molecule has 0 bridgehead atoms. The van der Waals surface area contributed by atoms with Crippen molar-refractivity contribution in [2.45, 2.75) is 27.7 Å². The fourth-order valence-corrected chi connectivity index (χ4v) is 2.38. The number of hydrogen-bond acceptors (Lipinski definition) is 3. The lowest BCUT2D eigenvalue weighted by Crippen LogP contribution is -2.14. The van der Waals surface area contributed by atoms with Gasteiger partial charge in [-0.3, -0.25) is 4.79 Å². The van der Waals surface area contributed by atoms with Gasteiger partial charge in [-0.05, 0) is 74.2 Å². The molecule has 0 N–H and O–H groups in total. The van der Waals surface area contributed by atoms with Crippen LogP contribution in [-0.2, 0) is 0 Å². The molecule has 0 unspecified atom stereocenters. The van der Waals surface area contributed by atoms with Gasteiger partial charge in [0.1, 0.15) is 5.75 Å². The Hall–Kier alpha value is -2.60. The monoisotopic (exact) mass is 293 g/mol. The maximum atomic E-state index is 12.4. The number of nitrogens with zero attached hydrogens (tertiary/aromatic N) is 1. The van der Waals surface area contributed by atoms with Gasteiger partial charge in [-0.1, -0.05) is 6.07 Å². The number of nitriles is 1. The smallest absolute Gasteiger partial charge is 0.200 e. The van der Waals surface area contributed by atoms with E-state index in [0.29, 0.717) is 16.9 Å². The van der Waals surface area contributed by atoms with Crippen molar-refractivity contribution in [3.8, 4) is 11.8 Å². The Balaban J connectivity index is 2.18. The fraction of sp³-hybridized carbons (Fsp3) is 0.263. The number of carbonyl (C=O) groups excluding carboxylic acids is 1. The molecule has 2 aromatic rings. The van der Waals surface area contributed by atoms with E-state index >= 15 is 0 Å². The number of ketones is 1. The minimum Gasteiger partial charge on any atom is -0.485 e. The average molecular weight is 293 g/mol. The van der Waals surface area contributed by atoms with Crippen molar-refractivity contribution in [3.05, 3.63) is 63.7 Å². The molecule has 0 aliphatic heterocycles. The second-order valence-electron chi connectivity index (χ2n) is 5.47. The first-order valence-electron chi connectivity index (χ1n) is 7.17. The lowest BCUT2D eigenvalue weighted by Gasteiger charge is -2.14. The normalized spacial score (nSPS) is 10.1. The Bertz CT molecular complexity index is 770. The van der Waals surface area contributed by atoms with Crippen LogP contribution in [0.1, 0.15) is 38.2 Å². The van der Waals surface area contributed by atoms with E-state index in [4.69, 9.17) is 10.00 Å². The molecule has 0 amide bonds. The molecule has 0 aromatic heterocycles. The molecule has 0 heterocycles. The van der Waals surface area contributed by atoms with Crippen molar-refractivity contribution in [3.63, 3.8) is 0 Å². The van der Waals surface area contributed by atoms with Crippen molar-refractivity contribution in [1.82, 2.24) is 0 Å². The summed E-state index contributed by atoms with van der Waals surface area (Å²) in [5, 5.41) is 8.87. The highest BCUT2D eigenvalue weighted by molar-refractivity contribution is 5.99. The SMILES string of the molecule is Cc1cc(C(=O)COc2cccc(C#N)c2)c(C)c(C)c1C. The minimum absolute atomic E-state index is 0.0301. The number of Topliss-reactive ketones (excluding diaryl/α,β-unsaturated/α-hetero) is 1. The van der Waals surface area contributed by atoms with Crippen LogP contribution in [0, 0.1) is 39.0 Å². The highest BCUT2D eigenvalue weighted by atomic mass is 16.5. The summed E-state index contributed by atoms with van der Waals surface area (Å²) in [6, 6.07) is 10.8. The van der Waals surface area contributed by atoms with Crippen molar-refractivity contribution < 1.29 is 9.53 Å². The lowest BCUT2D eigenvalue weighted by atomic mass is 9.93. The Kier molecular flexibility index (Phi) is 4.62. The number of rotatable bonds is 4. The van der Waals surface area contributed by atoms with Gasteiger partial charge in [0.25, 0.3) is 0 Å². The third kappa shape index (κ3) is 3.17. The third-order valence-electron chi connectivity index (χ3n) is 4.11. The number of aryl methyl sites for hydroxylation is 1. The molecule has 22 heavy (non-hydrogen) atoms. The van der Waals surface area contributed by atoms with Gasteiger partial charge < -0.3 is 4.74 Å². The lowest BCUT2D eigenvalue weighted by molar-refractivity contribution is 0.0920. The van der Waals surface area contributed by atoms with Crippen LogP contribution < -0.4 is 4.74 Å². The molecular weight excluding hydrogens is 274 g/mol. The zero-order chi connectivity index (χ0) is 16.3. The van der Waals surface area contributed by atoms with Gasteiger partial charge in [0.05, 0.1) is 11.6 Å². The molecule has 0 saturated heterocycles. The van der Waals surface area contributed by atoms with Gasteiger partial charge in [-0.15, -0.1) is 0 Å². The van der Waals surface area contributed by atoms with Crippen LogP contribution in [0.15, 0.2) is 30.3 Å². The number of hydrogen-bond donors (Lipinski definition) is 0. The predicted octanol–water partition coefficient (Wildman–Crippen LogP) is 4.05. The Morgan fingerprint density at radius 3 is 2.50 bits per heavy atom. The highest BCUT2D eigenvalue weighted by Crippen LogP contribution is 2.22. The van der Waals surface area contributed by atoms with Gasteiger partial charge in [-0.2, -0.15) is 5.26 Å². The molecular formula is C19H19NO2. The summed E-state index contributed by atoms with van der Waals surface area (Å²) in [7, 11) is 0. The minimum atomic E-state index is -0.0499. The second-order valence-corrected chi connectivity index (χ2v) is 5.47. The molecule has 0 radical (unpaired) electrons. The Labute approximate surface area is 131 Å². The second kappa shape index (κ2) is 6.44. The first-order chi connectivity index (χ1) is 10.4. The summed E-state index contributed by atoms with van der Waals surface area (Å²) < 4.78 is 5.53. The Morgan fingerprint density at radius 2 is 1.82 bits per heavy atom. The molecule has 0 fully saturated rings. The van der Waals surface area contributed by atoms with Gasteiger partial charge in [0.2, 0.25) is 0 Å². The number of ether oxygens (including phenoxy) is 1. The summed E-state index contributed by atoms with van der Waals surface area (Å²) in [4.78, 5) is 12.4. The molecule has 0 spiro atoms. The molecule has 0 aliphatic rings. The quantitative estimate of drug-likeness (QED) is 0.799. The maximum Gasteiger partial charge on any atom is 0.200 e. The van der Waals surface area contributed by atoms with Crippen LogP contribution >= 0.6 is 0 Å². The van der Waals surface area contributed by atoms with E-state index in [1.165, 1.54) is 5.56 Å². The van der Waals surface area contributed by atoms with E-state index in [1.807, 2.05) is 26.8 Å². The van der Waals surface area contributed by atoms with Crippen LogP contribution in [0.5, 0.6) is 5.75 Å². The van der Waals surface area contributed by atoms with E-state index in [2.05, 4.69) is 13.0 Å². The first-order valence-corrected chi connectivity index (χ1v) is 7.17. The summed E-state index contributed by atoms with van der Waals surface area (Å²) in [5.74, 6) is 0.483. The van der Waals surface area contributed by atoms with Gasteiger partial charge in [0.15, 0.2) is 12.4 Å². The van der Waals surface area contributed by atoms with Crippen molar-refractivity contribution in [2.75, 3.05) is 6.61 Å². The van der Waals surface area contributed by atoms with Crippen molar-refractivity contribution in [1.29, 1.82) is 5.26 Å². The van der Waals surface area contributed by atoms with Crippen LogP contribution in [-0.4, -0.2) is 12.4 Å². The molecule has 0 saturated carbocycles. The van der Waals surface area contributed by atoms with E-state index in [0.717, 1.165) is 16.7 Å². The van der Waals surface area contributed by atoms with Crippen LogP contribution in [0.4, 0.5) is 0 Å². The zero-order valence-corrected chi connectivity index (χ0v) is 13.4. The summed E-state index contributed by atoms with van der Waals surface area (Å²) in [5.41, 5.74) is 5.70. The summed E-state index contributed by atoms with van der Waals surface area (Å²) in [6.07, 6.45) is 0. The zero-order valence-electron chi connectivity index (χ0n) is 13.4. The maximum absolute atomic E-state index is 12.4. The third-order valence-corrected chi connectivity index (χ3v) is 4.11. The predicted molar refractivity (Wildman–Crippen MR) is 86.4 cm³/mol. The van der Waals surface area contributed by atoms with Crippen LogP contribution in [0.2, 0.25) is 0 Å². The van der Waals surface area contributed by atoms with E-state index < -0.39 is 0 Å². The first kappa shape index (κ1) is 15.8. The van der Waals surface area contributed by atoms with Gasteiger partial charge >= 0.3 is 0 Å². The molecule has 0 atom stereocenters. The topological polar surface area (TPSA) is 50.1 Å². The molecule has 3 nitrogen and oxygen atoms in total. The van der Waals surface area contributed by atoms with Crippen LogP contribution in [0.25, 0.3) is 0 Å². The van der Waals surface area contributed by atoms with E-state index in [9.17, 15) is 4.79 Å². The van der Waals surface area contributed by atoms with Gasteiger partial charge in [0, 0.05) is 5.56 Å². The van der Waals surface area contributed by atoms with Crippen molar-refractivity contribution >= 4 is 5.78 Å². The molecule has 2 rings (SSSR count).